The first-order chi connectivity index (χ1) is 15.2. The molecule has 1 atom stereocenters. The molecule has 1 spiro atoms. The van der Waals surface area contributed by atoms with Crippen LogP contribution in [0.5, 0.6) is 0 Å². The second kappa shape index (κ2) is 10.8. The summed E-state index contributed by atoms with van der Waals surface area (Å²) in [5.41, 5.74) is 5.73. The number of nitrogens with zero attached hydrogens (tertiary/aromatic N) is 2. The number of hydrogen-bond donors (Lipinski definition) is 2. The lowest BCUT2D eigenvalue weighted by Gasteiger charge is -2.47. The predicted molar refractivity (Wildman–Crippen MR) is 123 cm³/mol. The minimum Gasteiger partial charge on any atom is -0.343 e. The van der Waals surface area contributed by atoms with E-state index in [-0.39, 0.29) is 28.2 Å². The zero-order chi connectivity index (χ0) is 23.2. The van der Waals surface area contributed by atoms with Crippen molar-refractivity contribution in [1.82, 2.24) is 14.5 Å². The van der Waals surface area contributed by atoms with E-state index in [1.807, 2.05) is 9.80 Å². The number of nitrogens with two attached hydrogens (primary N) is 1. The molecule has 1 aromatic rings. The largest absolute Gasteiger partial charge is 0.343 e. The third-order valence-corrected chi connectivity index (χ3v) is 8.52. The van der Waals surface area contributed by atoms with Crippen LogP contribution in [0.4, 0.5) is 0 Å². The van der Waals surface area contributed by atoms with Gasteiger partial charge >= 0.3 is 0 Å². The van der Waals surface area contributed by atoms with Crippen molar-refractivity contribution >= 4 is 21.8 Å². The molecule has 1 unspecified atom stereocenters. The summed E-state index contributed by atoms with van der Waals surface area (Å²) in [6, 6.07) is 7.94. The quantitative estimate of drug-likeness (QED) is 0.608. The van der Waals surface area contributed by atoms with Crippen molar-refractivity contribution in [2.75, 3.05) is 32.7 Å². The van der Waals surface area contributed by atoms with Gasteiger partial charge in [0.25, 0.3) is 0 Å². The van der Waals surface area contributed by atoms with Crippen LogP contribution in [-0.2, 0) is 19.6 Å². The van der Waals surface area contributed by atoms with Crippen LogP contribution in [0.15, 0.2) is 35.2 Å². The van der Waals surface area contributed by atoms with Gasteiger partial charge in [0.15, 0.2) is 0 Å². The van der Waals surface area contributed by atoms with E-state index in [9.17, 15) is 18.0 Å². The van der Waals surface area contributed by atoms with Gasteiger partial charge in [0.05, 0.1) is 4.90 Å². The fraction of sp³-hybridized carbons (Fsp3) is 0.652. The molecule has 2 heterocycles. The highest BCUT2D eigenvalue weighted by molar-refractivity contribution is 7.89. The Labute approximate surface area is 191 Å². The average Bonchev–Trinajstić information content (AvgIpc) is 2.79. The zero-order valence-corrected chi connectivity index (χ0v) is 19.8. The molecule has 3 N–H and O–H groups in total. The van der Waals surface area contributed by atoms with E-state index in [2.05, 4.69) is 4.72 Å². The normalized spacial score (nSPS) is 19.7. The topological polar surface area (TPSA) is 113 Å². The molecule has 9 heteroatoms. The number of sulfonamides is 1. The SMILES string of the molecule is CC(CCC(=O)N1CCC2(CCN(C(=O)CCN)CC2)CC1)NS(=O)(=O)c1ccccc1. The Bertz CT molecular complexity index is 873. The van der Waals surface area contributed by atoms with Crippen LogP contribution >= 0.6 is 0 Å². The van der Waals surface area contributed by atoms with E-state index in [0.29, 0.717) is 25.8 Å². The maximum atomic E-state index is 12.7. The highest BCUT2D eigenvalue weighted by Crippen LogP contribution is 2.41. The summed E-state index contributed by atoms with van der Waals surface area (Å²) in [6.07, 6.45) is 5.11. The van der Waals surface area contributed by atoms with Gasteiger partial charge in [-0.15, -0.1) is 0 Å². The van der Waals surface area contributed by atoms with E-state index >= 15 is 0 Å². The fourth-order valence-corrected chi connectivity index (χ4v) is 6.03. The van der Waals surface area contributed by atoms with Gasteiger partial charge in [0.2, 0.25) is 21.8 Å². The average molecular weight is 465 g/mol. The van der Waals surface area contributed by atoms with Crippen molar-refractivity contribution < 1.29 is 18.0 Å². The van der Waals surface area contributed by atoms with Gasteiger partial charge in [0, 0.05) is 51.6 Å². The maximum absolute atomic E-state index is 12.7. The lowest BCUT2D eigenvalue weighted by molar-refractivity contribution is -0.136. The second-order valence-corrected chi connectivity index (χ2v) is 10.9. The molecule has 0 saturated carbocycles. The van der Waals surface area contributed by atoms with Crippen molar-refractivity contribution in [2.45, 2.75) is 62.8 Å². The molecule has 2 fully saturated rings. The van der Waals surface area contributed by atoms with Gasteiger partial charge in [-0.1, -0.05) is 18.2 Å². The molecule has 2 amide bonds. The Balaban J connectivity index is 1.41. The Morgan fingerprint density at radius 2 is 1.47 bits per heavy atom. The van der Waals surface area contributed by atoms with Gasteiger partial charge in [-0.05, 0) is 56.6 Å². The van der Waals surface area contributed by atoms with Gasteiger partial charge in [-0.2, -0.15) is 0 Å². The monoisotopic (exact) mass is 464 g/mol. The molecule has 0 aromatic heterocycles. The number of piperidine rings is 2. The summed E-state index contributed by atoms with van der Waals surface area (Å²) >= 11 is 0. The number of hydrogen-bond acceptors (Lipinski definition) is 5. The van der Waals surface area contributed by atoms with E-state index in [4.69, 9.17) is 5.73 Å². The van der Waals surface area contributed by atoms with E-state index in [0.717, 1.165) is 51.9 Å². The Morgan fingerprint density at radius 1 is 0.969 bits per heavy atom. The second-order valence-electron chi connectivity index (χ2n) is 9.17. The highest BCUT2D eigenvalue weighted by atomic mass is 32.2. The highest BCUT2D eigenvalue weighted by Gasteiger charge is 2.39. The van der Waals surface area contributed by atoms with Crippen molar-refractivity contribution in [3.05, 3.63) is 30.3 Å². The summed E-state index contributed by atoms with van der Waals surface area (Å²) in [5, 5.41) is 0. The van der Waals surface area contributed by atoms with Crippen LogP contribution in [-0.4, -0.2) is 68.8 Å². The summed E-state index contributed by atoms with van der Waals surface area (Å²) in [5.74, 6) is 0.230. The summed E-state index contributed by atoms with van der Waals surface area (Å²) in [4.78, 5) is 28.8. The minimum absolute atomic E-state index is 0.0844. The van der Waals surface area contributed by atoms with Gasteiger partial charge < -0.3 is 15.5 Å². The third kappa shape index (κ3) is 6.30. The molecule has 178 valence electrons. The molecule has 2 aliphatic rings. The smallest absolute Gasteiger partial charge is 0.240 e. The Kier molecular flexibility index (Phi) is 8.30. The first kappa shape index (κ1) is 24.7. The number of carbonyl (C=O) groups excluding carboxylic acids is 2. The van der Waals surface area contributed by atoms with E-state index in [1.54, 1.807) is 37.3 Å². The number of carbonyl (C=O) groups is 2. The molecule has 0 aliphatic carbocycles. The molecule has 1 aromatic carbocycles. The fourth-order valence-electron chi connectivity index (χ4n) is 4.73. The first-order valence-electron chi connectivity index (χ1n) is 11.6. The number of rotatable bonds is 8. The Morgan fingerprint density at radius 3 is 1.97 bits per heavy atom. The standard InChI is InChI=1S/C23H36N4O4S/c1-19(25-32(30,31)20-5-3-2-4-6-20)7-8-21(28)26-15-10-23(11-16-26)12-17-27(18-13-23)22(29)9-14-24/h2-6,19,25H,7-18,24H2,1H3. The molecule has 2 aliphatic heterocycles. The molecular weight excluding hydrogens is 428 g/mol. The van der Waals surface area contributed by atoms with Gasteiger partial charge in [-0.25, -0.2) is 13.1 Å². The molecule has 0 bridgehead atoms. The predicted octanol–water partition coefficient (Wildman–Crippen LogP) is 1.71. The Hall–Kier alpha value is -1.97. The van der Waals surface area contributed by atoms with Crippen LogP contribution in [0, 0.1) is 5.41 Å². The molecule has 8 nitrogen and oxygen atoms in total. The van der Waals surface area contributed by atoms with E-state index < -0.39 is 10.0 Å². The summed E-state index contributed by atoms with van der Waals surface area (Å²) in [6.45, 7) is 5.22. The number of likely N-dealkylation sites (tertiary alicyclic amines) is 2. The number of amides is 2. The number of nitrogens with one attached hydrogen (secondary N) is 1. The molecular formula is C23H36N4O4S. The van der Waals surface area contributed by atoms with Crippen LogP contribution in [0.2, 0.25) is 0 Å². The van der Waals surface area contributed by atoms with Gasteiger partial charge in [-0.3, -0.25) is 9.59 Å². The molecule has 0 radical (unpaired) electrons. The van der Waals surface area contributed by atoms with Crippen molar-refractivity contribution in [1.29, 1.82) is 0 Å². The van der Waals surface area contributed by atoms with Gasteiger partial charge in [0.1, 0.15) is 0 Å². The number of benzene rings is 1. The third-order valence-electron chi connectivity index (χ3n) is 6.91. The molecule has 32 heavy (non-hydrogen) atoms. The summed E-state index contributed by atoms with van der Waals surface area (Å²) < 4.78 is 27.5. The minimum atomic E-state index is -3.58. The van der Waals surface area contributed by atoms with Crippen LogP contribution in [0.25, 0.3) is 0 Å². The summed E-state index contributed by atoms with van der Waals surface area (Å²) in [7, 11) is -3.58. The zero-order valence-electron chi connectivity index (χ0n) is 19.0. The van der Waals surface area contributed by atoms with Crippen LogP contribution in [0.1, 0.15) is 51.9 Å². The lowest BCUT2D eigenvalue weighted by Crippen LogP contribution is -2.49. The molecule has 2 saturated heterocycles. The van der Waals surface area contributed by atoms with Crippen LogP contribution < -0.4 is 10.5 Å². The van der Waals surface area contributed by atoms with Crippen molar-refractivity contribution in [3.8, 4) is 0 Å². The maximum Gasteiger partial charge on any atom is 0.240 e. The first-order valence-corrected chi connectivity index (χ1v) is 13.1. The van der Waals surface area contributed by atoms with E-state index in [1.165, 1.54) is 0 Å². The van der Waals surface area contributed by atoms with Crippen molar-refractivity contribution in [3.63, 3.8) is 0 Å². The molecule has 3 rings (SSSR count). The van der Waals surface area contributed by atoms with Crippen LogP contribution in [0.3, 0.4) is 0 Å². The lowest BCUT2D eigenvalue weighted by atomic mass is 9.71. The van der Waals surface area contributed by atoms with Crippen molar-refractivity contribution in [2.24, 2.45) is 11.1 Å².